The van der Waals surface area contributed by atoms with Gasteiger partial charge < -0.3 is 9.84 Å². The Morgan fingerprint density at radius 3 is 2.88 bits per heavy atom. The first-order valence-electron chi connectivity index (χ1n) is 7.38. The van der Waals surface area contributed by atoms with Crippen molar-refractivity contribution in [2.24, 2.45) is 29.6 Å². The molecule has 1 N–H and O–H groups in total. The SMILES string of the molecule is COCCC(C)C1(O)CC2CC1C1CCCC21. The number of fused-ring (bicyclic) bond motifs is 5. The smallest absolute Gasteiger partial charge is 0.0707 e. The molecule has 0 aliphatic heterocycles. The van der Waals surface area contributed by atoms with Crippen molar-refractivity contribution in [3.8, 4) is 0 Å². The van der Waals surface area contributed by atoms with Gasteiger partial charge in [0, 0.05) is 13.7 Å². The van der Waals surface area contributed by atoms with Gasteiger partial charge in [0.25, 0.3) is 0 Å². The summed E-state index contributed by atoms with van der Waals surface area (Å²) in [6.45, 7) is 3.01. The van der Waals surface area contributed by atoms with Gasteiger partial charge in [0.2, 0.25) is 0 Å². The first-order valence-corrected chi connectivity index (χ1v) is 7.38. The Labute approximate surface area is 105 Å². The molecule has 3 saturated carbocycles. The molecule has 2 heteroatoms. The Bertz CT molecular complexity index is 291. The van der Waals surface area contributed by atoms with Gasteiger partial charge in [0.05, 0.1) is 5.60 Å². The third-order valence-electron chi connectivity index (χ3n) is 6.14. The number of methoxy groups -OCH3 is 1. The highest BCUT2D eigenvalue weighted by Crippen LogP contribution is 2.64. The first kappa shape index (κ1) is 12.0. The topological polar surface area (TPSA) is 29.5 Å². The van der Waals surface area contributed by atoms with E-state index in [0.29, 0.717) is 11.8 Å². The quantitative estimate of drug-likeness (QED) is 0.816. The predicted molar refractivity (Wildman–Crippen MR) is 67.7 cm³/mol. The average Bonchev–Trinajstić information content (AvgIpc) is 2.95. The average molecular weight is 238 g/mol. The Hall–Kier alpha value is -0.0800. The molecule has 3 fully saturated rings. The minimum atomic E-state index is -0.366. The second-order valence-corrected chi connectivity index (χ2v) is 6.74. The van der Waals surface area contributed by atoms with E-state index in [4.69, 9.17) is 4.74 Å². The zero-order valence-electron chi connectivity index (χ0n) is 11.2. The number of aliphatic hydroxyl groups is 1. The standard InChI is InChI=1S/C15H26O2/c1-10(6-7-17-2)15(16)9-11-8-14(15)13-5-3-4-12(11)13/h10-14,16H,3-9H2,1-2H3. The van der Waals surface area contributed by atoms with Crippen LogP contribution >= 0.6 is 0 Å². The van der Waals surface area contributed by atoms with Gasteiger partial charge >= 0.3 is 0 Å². The number of hydrogen-bond acceptors (Lipinski definition) is 2. The lowest BCUT2D eigenvalue weighted by Crippen LogP contribution is -2.46. The summed E-state index contributed by atoms with van der Waals surface area (Å²) in [6.07, 6.45) is 7.62. The van der Waals surface area contributed by atoms with Crippen LogP contribution in [0.5, 0.6) is 0 Å². The van der Waals surface area contributed by atoms with Crippen molar-refractivity contribution in [3.63, 3.8) is 0 Å². The fourth-order valence-electron chi connectivity index (χ4n) is 5.27. The third-order valence-corrected chi connectivity index (χ3v) is 6.14. The number of hydrogen-bond donors (Lipinski definition) is 1. The van der Waals surface area contributed by atoms with Gasteiger partial charge in [-0.15, -0.1) is 0 Å². The van der Waals surface area contributed by atoms with Crippen molar-refractivity contribution in [1.82, 2.24) is 0 Å². The van der Waals surface area contributed by atoms with Gasteiger partial charge in [0.1, 0.15) is 0 Å². The Kier molecular flexibility index (Phi) is 2.99. The zero-order chi connectivity index (χ0) is 12.0. The molecule has 0 aromatic rings. The molecule has 6 unspecified atom stereocenters. The lowest BCUT2D eigenvalue weighted by Gasteiger charge is -2.43. The zero-order valence-corrected chi connectivity index (χ0v) is 11.2. The molecule has 0 radical (unpaired) electrons. The van der Waals surface area contributed by atoms with Crippen molar-refractivity contribution < 1.29 is 9.84 Å². The molecule has 0 aromatic heterocycles. The van der Waals surface area contributed by atoms with Gasteiger partial charge in [-0.05, 0) is 61.7 Å². The van der Waals surface area contributed by atoms with Crippen LogP contribution < -0.4 is 0 Å². The van der Waals surface area contributed by atoms with Gasteiger partial charge in [-0.1, -0.05) is 13.3 Å². The van der Waals surface area contributed by atoms with Gasteiger partial charge in [-0.2, -0.15) is 0 Å². The molecule has 3 rings (SSSR count). The molecule has 6 atom stereocenters. The summed E-state index contributed by atoms with van der Waals surface area (Å²) in [5.41, 5.74) is -0.366. The van der Waals surface area contributed by atoms with Crippen LogP contribution in [0.1, 0.15) is 45.4 Å². The fraction of sp³-hybridized carbons (Fsp3) is 1.00. The van der Waals surface area contributed by atoms with Crippen molar-refractivity contribution in [1.29, 1.82) is 0 Å². The van der Waals surface area contributed by atoms with Crippen molar-refractivity contribution in [2.45, 2.75) is 51.0 Å². The second kappa shape index (κ2) is 4.24. The van der Waals surface area contributed by atoms with Gasteiger partial charge in [-0.3, -0.25) is 0 Å². The summed E-state index contributed by atoms with van der Waals surface area (Å²) < 4.78 is 5.17. The molecule has 0 aromatic carbocycles. The summed E-state index contributed by atoms with van der Waals surface area (Å²) in [7, 11) is 1.75. The highest BCUT2D eigenvalue weighted by atomic mass is 16.5. The van der Waals surface area contributed by atoms with Crippen molar-refractivity contribution in [2.75, 3.05) is 13.7 Å². The minimum Gasteiger partial charge on any atom is -0.389 e. The van der Waals surface area contributed by atoms with Crippen LogP contribution in [-0.4, -0.2) is 24.4 Å². The molecule has 3 aliphatic rings. The molecule has 0 saturated heterocycles. The molecular formula is C15H26O2. The molecule has 0 spiro atoms. The Morgan fingerprint density at radius 1 is 1.35 bits per heavy atom. The molecule has 0 heterocycles. The van der Waals surface area contributed by atoms with E-state index in [9.17, 15) is 5.11 Å². The van der Waals surface area contributed by atoms with Crippen molar-refractivity contribution in [3.05, 3.63) is 0 Å². The van der Waals surface area contributed by atoms with E-state index < -0.39 is 0 Å². The molecule has 2 bridgehead atoms. The molecule has 17 heavy (non-hydrogen) atoms. The summed E-state index contributed by atoms with van der Waals surface area (Å²) in [5, 5.41) is 11.1. The van der Waals surface area contributed by atoms with E-state index in [1.54, 1.807) is 7.11 Å². The lowest BCUT2D eigenvalue weighted by molar-refractivity contribution is -0.0914. The van der Waals surface area contributed by atoms with Crippen molar-refractivity contribution >= 4 is 0 Å². The summed E-state index contributed by atoms with van der Waals surface area (Å²) >= 11 is 0. The van der Waals surface area contributed by atoms with Crippen LogP contribution in [0.4, 0.5) is 0 Å². The molecule has 3 aliphatic carbocycles. The number of rotatable bonds is 4. The van der Waals surface area contributed by atoms with Crippen LogP contribution in [0.25, 0.3) is 0 Å². The molecule has 0 amide bonds. The van der Waals surface area contributed by atoms with Crippen LogP contribution in [0, 0.1) is 29.6 Å². The van der Waals surface area contributed by atoms with Gasteiger partial charge in [-0.25, -0.2) is 0 Å². The largest absolute Gasteiger partial charge is 0.389 e. The van der Waals surface area contributed by atoms with E-state index >= 15 is 0 Å². The molecule has 2 nitrogen and oxygen atoms in total. The summed E-state index contributed by atoms with van der Waals surface area (Å²) in [5.74, 6) is 3.66. The Morgan fingerprint density at radius 2 is 2.12 bits per heavy atom. The number of ether oxygens (including phenoxy) is 1. The lowest BCUT2D eigenvalue weighted by atomic mass is 9.67. The van der Waals surface area contributed by atoms with Crippen LogP contribution in [-0.2, 0) is 4.74 Å². The maximum absolute atomic E-state index is 11.1. The van der Waals surface area contributed by atoms with Crippen LogP contribution in [0.15, 0.2) is 0 Å². The maximum atomic E-state index is 11.1. The molecular weight excluding hydrogens is 212 g/mol. The van der Waals surface area contributed by atoms with E-state index in [-0.39, 0.29) is 5.60 Å². The monoisotopic (exact) mass is 238 g/mol. The van der Waals surface area contributed by atoms with Crippen LogP contribution in [0.3, 0.4) is 0 Å². The predicted octanol–water partition coefficient (Wildman–Crippen LogP) is 2.85. The van der Waals surface area contributed by atoms with E-state index in [1.165, 1.54) is 25.7 Å². The highest BCUT2D eigenvalue weighted by Gasteiger charge is 2.61. The van der Waals surface area contributed by atoms with Gasteiger partial charge in [0.15, 0.2) is 0 Å². The summed E-state index contributed by atoms with van der Waals surface area (Å²) in [6, 6.07) is 0. The normalized spacial score (nSPS) is 49.6. The summed E-state index contributed by atoms with van der Waals surface area (Å²) in [4.78, 5) is 0. The fourth-order valence-corrected chi connectivity index (χ4v) is 5.27. The maximum Gasteiger partial charge on any atom is 0.0707 e. The highest BCUT2D eigenvalue weighted by molar-refractivity contribution is 5.11. The Balaban J connectivity index is 1.72. The first-order chi connectivity index (χ1) is 8.16. The van der Waals surface area contributed by atoms with E-state index in [2.05, 4.69) is 6.92 Å². The third kappa shape index (κ3) is 1.67. The van der Waals surface area contributed by atoms with Crippen LogP contribution in [0.2, 0.25) is 0 Å². The van der Waals surface area contributed by atoms with E-state index in [0.717, 1.165) is 37.2 Å². The minimum absolute atomic E-state index is 0.366. The van der Waals surface area contributed by atoms with E-state index in [1.807, 2.05) is 0 Å². The second-order valence-electron chi connectivity index (χ2n) is 6.74. The molecule has 98 valence electrons.